The normalized spacial score (nSPS) is 29.3. The number of amides is 2. The van der Waals surface area contributed by atoms with E-state index in [0.717, 1.165) is 12.0 Å². The summed E-state index contributed by atoms with van der Waals surface area (Å²) in [6, 6.07) is 8.87. The predicted octanol–water partition coefficient (Wildman–Crippen LogP) is 3.25. The van der Waals surface area contributed by atoms with Crippen molar-refractivity contribution >= 4 is 17.8 Å². The van der Waals surface area contributed by atoms with Crippen LogP contribution in [0.25, 0.3) is 0 Å². The molecule has 206 valence electrons. The summed E-state index contributed by atoms with van der Waals surface area (Å²) in [5.74, 6) is -2.43. The summed E-state index contributed by atoms with van der Waals surface area (Å²) >= 11 is 0. The van der Waals surface area contributed by atoms with Crippen LogP contribution in [0.2, 0.25) is 0 Å². The van der Waals surface area contributed by atoms with Gasteiger partial charge in [0.2, 0.25) is 11.8 Å². The van der Waals surface area contributed by atoms with Gasteiger partial charge in [0.1, 0.15) is 24.2 Å². The van der Waals surface area contributed by atoms with E-state index < -0.39 is 35.0 Å². The zero-order valence-corrected chi connectivity index (χ0v) is 22.3. The molecule has 2 bridgehead atoms. The quantitative estimate of drug-likeness (QED) is 0.228. The summed E-state index contributed by atoms with van der Waals surface area (Å²) in [6.45, 7) is 10.6. The van der Waals surface area contributed by atoms with Gasteiger partial charge in [-0.3, -0.25) is 14.4 Å². The maximum Gasteiger partial charge on any atom is 0.313 e. The Hall–Kier alpha value is -2.97. The second kappa shape index (κ2) is 11.8. The molecule has 1 aromatic carbocycles. The van der Waals surface area contributed by atoms with Gasteiger partial charge in [0, 0.05) is 26.2 Å². The van der Waals surface area contributed by atoms with E-state index in [1.54, 1.807) is 15.9 Å². The standard InChI is InChI=1S/C30H40N2O6/c1-4-17-31(21-22-13-9-7-10-14-22)27(35)25-30-16-15-29(6-3,38-30)24(28(36)37-20-5-2)23(30)26(34)32(25)18-11-8-12-19-33/h4-5,7,9-10,13-14,23-25,33H,1-2,6,8,11-12,15-21H2,3H3/t23-,24-,25?,29+,30?/m0/s1. The first kappa shape index (κ1) is 28.0. The number of benzene rings is 1. The monoisotopic (exact) mass is 524 g/mol. The maximum atomic E-state index is 14.4. The first-order valence-electron chi connectivity index (χ1n) is 13.7. The first-order chi connectivity index (χ1) is 18.4. The maximum absolute atomic E-state index is 14.4. The average Bonchev–Trinajstić information content (AvgIpc) is 3.53. The lowest BCUT2D eigenvalue weighted by molar-refractivity contribution is -0.161. The molecule has 0 radical (unpaired) electrons. The number of aliphatic hydroxyl groups excluding tert-OH is 1. The number of aliphatic hydroxyl groups is 1. The number of esters is 1. The van der Waals surface area contributed by atoms with E-state index in [2.05, 4.69) is 13.2 Å². The van der Waals surface area contributed by atoms with E-state index in [1.165, 1.54) is 6.08 Å². The predicted molar refractivity (Wildman–Crippen MR) is 143 cm³/mol. The Bertz CT molecular complexity index is 1040. The molecule has 3 saturated heterocycles. The van der Waals surface area contributed by atoms with Crippen LogP contribution in [0.15, 0.2) is 55.6 Å². The van der Waals surface area contributed by atoms with E-state index in [-0.39, 0.29) is 25.0 Å². The van der Waals surface area contributed by atoms with Gasteiger partial charge in [-0.2, -0.15) is 0 Å². The number of hydrogen-bond donors (Lipinski definition) is 1. The van der Waals surface area contributed by atoms with Crippen molar-refractivity contribution in [1.29, 1.82) is 0 Å². The molecular formula is C30H40N2O6. The number of likely N-dealkylation sites (tertiary alicyclic amines) is 1. The highest BCUT2D eigenvalue weighted by molar-refractivity contribution is 5.98. The highest BCUT2D eigenvalue weighted by Crippen LogP contribution is 2.64. The van der Waals surface area contributed by atoms with Crippen molar-refractivity contribution < 1.29 is 29.0 Å². The Morgan fingerprint density at radius 3 is 2.61 bits per heavy atom. The van der Waals surface area contributed by atoms with Crippen molar-refractivity contribution in [3.8, 4) is 0 Å². The van der Waals surface area contributed by atoms with E-state index in [9.17, 15) is 19.5 Å². The lowest BCUT2D eigenvalue weighted by Crippen LogP contribution is -2.56. The Labute approximate surface area is 225 Å². The number of fused-ring (bicyclic) bond motifs is 1. The number of rotatable bonds is 14. The number of carbonyl (C=O) groups excluding carboxylic acids is 3. The van der Waals surface area contributed by atoms with Gasteiger partial charge in [0.15, 0.2) is 0 Å². The van der Waals surface area contributed by atoms with Crippen LogP contribution in [0.1, 0.15) is 51.0 Å². The Balaban J connectivity index is 1.72. The molecule has 8 nitrogen and oxygen atoms in total. The summed E-state index contributed by atoms with van der Waals surface area (Å²) in [5.41, 5.74) is -0.944. The smallest absolute Gasteiger partial charge is 0.313 e. The molecule has 8 heteroatoms. The van der Waals surface area contributed by atoms with Gasteiger partial charge in [-0.1, -0.05) is 56.0 Å². The molecule has 0 aromatic heterocycles. The number of ether oxygens (including phenoxy) is 2. The summed E-state index contributed by atoms with van der Waals surface area (Å²) in [4.78, 5) is 45.2. The lowest BCUT2D eigenvalue weighted by atomic mass is 9.65. The molecule has 1 spiro atoms. The summed E-state index contributed by atoms with van der Waals surface area (Å²) in [5, 5.41) is 9.23. The zero-order chi connectivity index (χ0) is 27.3. The fraction of sp³-hybridized carbons (Fsp3) is 0.567. The van der Waals surface area contributed by atoms with Gasteiger partial charge in [-0.25, -0.2) is 0 Å². The van der Waals surface area contributed by atoms with E-state index in [4.69, 9.17) is 9.47 Å². The second-order valence-corrected chi connectivity index (χ2v) is 10.6. The minimum atomic E-state index is -1.09. The summed E-state index contributed by atoms with van der Waals surface area (Å²) in [7, 11) is 0. The van der Waals surface area contributed by atoms with Gasteiger partial charge >= 0.3 is 5.97 Å². The molecule has 5 atom stereocenters. The minimum Gasteiger partial charge on any atom is -0.461 e. The number of hydrogen-bond acceptors (Lipinski definition) is 6. The van der Waals surface area contributed by atoms with E-state index in [0.29, 0.717) is 51.7 Å². The molecule has 38 heavy (non-hydrogen) atoms. The molecule has 3 aliphatic rings. The van der Waals surface area contributed by atoms with Crippen LogP contribution in [0.3, 0.4) is 0 Å². The lowest BCUT2D eigenvalue weighted by Gasteiger charge is -2.37. The van der Waals surface area contributed by atoms with Crippen molar-refractivity contribution in [2.45, 2.75) is 69.2 Å². The van der Waals surface area contributed by atoms with Crippen molar-refractivity contribution in [3.05, 3.63) is 61.2 Å². The van der Waals surface area contributed by atoms with Gasteiger partial charge < -0.3 is 24.4 Å². The SMILES string of the molecule is C=CCOC(=O)[C@@H]1[C@H]2C(=O)N(CCCCCO)C(C(=O)N(CC=C)Cc3ccccc3)C23CC[C@@]1(CC)O3. The van der Waals surface area contributed by atoms with Crippen LogP contribution >= 0.6 is 0 Å². The minimum absolute atomic E-state index is 0.0560. The molecule has 0 aliphatic carbocycles. The van der Waals surface area contributed by atoms with Crippen LogP contribution in [-0.4, -0.2) is 76.2 Å². The fourth-order valence-electron chi connectivity index (χ4n) is 6.76. The van der Waals surface area contributed by atoms with Gasteiger partial charge in [0.25, 0.3) is 0 Å². The second-order valence-electron chi connectivity index (χ2n) is 10.6. The van der Waals surface area contributed by atoms with Crippen LogP contribution in [0, 0.1) is 11.8 Å². The fourth-order valence-corrected chi connectivity index (χ4v) is 6.76. The Morgan fingerprint density at radius 2 is 1.95 bits per heavy atom. The number of unbranched alkanes of at least 4 members (excludes halogenated alkanes) is 2. The van der Waals surface area contributed by atoms with Gasteiger partial charge in [-0.05, 0) is 44.1 Å². The Kier molecular flexibility index (Phi) is 8.73. The van der Waals surface area contributed by atoms with E-state index in [1.807, 2.05) is 37.3 Å². The molecule has 1 N–H and O–H groups in total. The third-order valence-corrected chi connectivity index (χ3v) is 8.45. The van der Waals surface area contributed by atoms with Crippen LogP contribution in [-0.2, 0) is 30.4 Å². The van der Waals surface area contributed by atoms with Gasteiger partial charge in [0.05, 0.1) is 11.5 Å². The van der Waals surface area contributed by atoms with Crippen molar-refractivity contribution in [3.63, 3.8) is 0 Å². The van der Waals surface area contributed by atoms with E-state index >= 15 is 0 Å². The molecule has 3 fully saturated rings. The molecule has 0 saturated carbocycles. The number of carbonyl (C=O) groups is 3. The molecule has 3 heterocycles. The van der Waals surface area contributed by atoms with Crippen molar-refractivity contribution in [1.82, 2.24) is 9.80 Å². The van der Waals surface area contributed by atoms with Gasteiger partial charge in [-0.15, -0.1) is 6.58 Å². The van der Waals surface area contributed by atoms with Crippen LogP contribution in [0.5, 0.6) is 0 Å². The largest absolute Gasteiger partial charge is 0.461 e. The number of nitrogens with zero attached hydrogens (tertiary/aromatic N) is 2. The average molecular weight is 525 g/mol. The van der Waals surface area contributed by atoms with Crippen molar-refractivity contribution in [2.75, 3.05) is 26.3 Å². The third-order valence-electron chi connectivity index (χ3n) is 8.45. The third kappa shape index (κ3) is 4.80. The van der Waals surface area contributed by atoms with Crippen LogP contribution < -0.4 is 0 Å². The topological polar surface area (TPSA) is 96.4 Å². The highest BCUT2D eigenvalue weighted by Gasteiger charge is 2.79. The molecule has 3 aliphatic heterocycles. The summed E-state index contributed by atoms with van der Waals surface area (Å²) < 4.78 is 12.2. The molecule has 2 amide bonds. The van der Waals surface area contributed by atoms with Crippen LogP contribution in [0.4, 0.5) is 0 Å². The Morgan fingerprint density at radius 1 is 1.18 bits per heavy atom. The zero-order valence-electron chi connectivity index (χ0n) is 22.3. The summed E-state index contributed by atoms with van der Waals surface area (Å²) in [6.07, 6.45) is 6.85. The molecular weight excluding hydrogens is 484 g/mol. The molecule has 2 unspecified atom stereocenters. The highest BCUT2D eigenvalue weighted by atomic mass is 16.6. The molecule has 1 aromatic rings. The molecule has 4 rings (SSSR count). The first-order valence-corrected chi connectivity index (χ1v) is 13.7. The van der Waals surface area contributed by atoms with Crippen molar-refractivity contribution in [2.24, 2.45) is 11.8 Å².